The van der Waals surface area contributed by atoms with Gasteiger partial charge in [0.2, 0.25) is 11.8 Å². The second-order valence-corrected chi connectivity index (χ2v) is 9.85. The van der Waals surface area contributed by atoms with Gasteiger partial charge in [-0.1, -0.05) is 54.5 Å². The number of fused-ring (bicyclic) bond motifs is 1. The highest BCUT2D eigenvalue weighted by Crippen LogP contribution is 2.32. The van der Waals surface area contributed by atoms with Crippen LogP contribution in [0.1, 0.15) is 60.1 Å². The van der Waals surface area contributed by atoms with Gasteiger partial charge in [0.05, 0.1) is 5.52 Å². The number of Topliss-reactive ketones (excluding diaryl/α,β-unsaturated/α-hetero) is 1. The van der Waals surface area contributed by atoms with Gasteiger partial charge in [0.25, 0.3) is 0 Å². The van der Waals surface area contributed by atoms with Crippen LogP contribution in [0, 0.1) is 6.92 Å². The molecule has 0 saturated heterocycles. The van der Waals surface area contributed by atoms with Gasteiger partial charge in [-0.2, -0.15) is 0 Å². The molecule has 0 radical (unpaired) electrons. The minimum Gasteiger partial charge on any atom is -0.351 e. The fourth-order valence-corrected chi connectivity index (χ4v) is 5.17. The molecule has 1 N–H and O–H groups in total. The van der Waals surface area contributed by atoms with E-state index in [4.69, 9.17) is 0 Å². The zero-order valence-corrected chi connectivity index (χ0v) is 21.6. The van der Waals surface area contributed by atoms with E-state index in [0.717, 1.165) is 42.3 Å². The summed E-state index contributed by atoms with van der Waals surface area (Å²) in [7, 11) is 0. The van der Waals surface area contributed by atoms with Crippen molar-refractivity contribution < 1.29 is 14.4 Å². The number of para-hydroxylation sites is 1. The molecule has 194 valence electrons. The molecular weight excluding hydrogens is 478 g/mol. The molecule has 1 heterocycles. The highest BCUT2D eigenvalue weighted by Gasteiger charge is 2.35. The summed E-state index contributed by atoms with van der Waals surface area (Å²) >= 11 is 0. The lowest BCUT2D eigenvalue weighted by Crippen LogP contribution is -2.47. The van der Waals surface area contributed by atoms with Gasteiger partial charge in [-0.3, -0.25) is 19.3 Å². The van der Waals surface area contributed by atoms with Crippen molar-refractivity contribution in [1.82, 2.24) is 20.3 Å². The Kier molecular flexibility index (Phi) is 7.31. The number of aryl methyl sites for hydroxylation is 1. The summed E-state index contributed by atoms with van der Waals surface area (Å²) in [6, 6.07) is 21.1. The standard InChI is InChI=1S/C30H31N5O3/c1-20-9-3-6-12-25(20)29(30(38)31-23-10-4-5-11-23)35(24-17-15-22(16-18-24)21(2)36)28(37)19-34-27-14-8-7-13-26(27)32-33-34/h3,6-9,12-18,23,29H,4-5,10-11,19H2,1-2H3,(H,31,38)/t29-/m1/s1. The lowest BCUT2D eigenvalue weighted by molar-refractivity contribution is -0.127. The van der Waals surface area contributed by atoms with Crippen LogP contribution in [0.4, 0.5) is 5.69 Å². The lowest BCUT2D eigenvalue weighted by Gasteiger charge is -2.33. The molecule has 0 unspecified atom stereocenters. The normalized spacial score (nSPS) is 14.4. The summed E-state index contributed by atoms with van der Waals surface area (Å²) in [5, 5.41) is 11.6. The van der Waals surface area contributed by atoms with Crippen LogP contribution in [0.3, 0.4) is 0 Å². The minimum atomic E-state index is -0.901. The predicted octanol–water partition coefficient (Wildman–Crippen LogP) is 4.78. The van der Waals surface area contributed by atoms with E-state index in [1.807, 2.05) is 55.5 Å². The third-order valence-corrected chi connectivity index (χ3v) is 7.22. The van der Waals surface area contributed by atoms with Crippen LogP contribution in [-0.4, -0.2) is 38.6 Å². The molecule has 2 amide bonds. The number of carbonyl (C=O) groups is 3. The lowest BCUT2D eigenvalue weighted by atomic mass is 9.97. The van der Waals surface area contributed by atoms with E-state index >= 15 is 0 Å². The van der Waals surface area contributed by atoms with Crippen LogP contribution < -0.4 is 10.2 Å². The van der Waals surface area contributed by atoms with Gasteiger partial charge in [0.15, 0.2) is 5.78 Å². The zero-order chi connectivity index (χ0) is 26.6. The summed E-state index contributed by atoms with van der Waals surface area (Å²) < 4.78 is 1.55. The maximum absolute atomic E-state index is 14.1. The molecule has 38 heavy (non-hydrogen) atoms. The second-order valence-electron chi connectivity index (χ2n) is 9.85. The maximum atomic E-state index is 14.1. The zero-order valence-electron chi connectivity index (χ0n) is 21.6. The van der Waals surface area contributed by atoms with Gasteiger partial charge >= 0.3 is 0 Å². The van der Waals surface area contributed by atoms with Gasteiger partial charge in [-0.25, -0.2) is 4.68 Å². The summed E-state index contributed by atoms with van der Waals surface area (Å²) in [6.07, 6.45) is 4.01. The topological polar surface area (TPSA) is 97.2 Å². The number of amides is 2. The number of rotatable bonds is 8. The van der Waals surface area contributed by atoms with Crippen molar-refractivity contribution in [2.45, 2.75) is 58.2 Å². The Bertz CT molecular complexity index is 1470. The number of hydrogen-bond donors (Lipinski definition) is 1. The first kappa shape index (κ1) is 25.3. The molecule has 0 aliphatic heterocycles. The van der Waals surface area contributed by atoms with Gasteiger partial charge < -0.3 is 5.32 Å². The largest absolute Gasteiger partial charge is 0.351 e. The average Bonchev–Trinajstić information content (AvgIpc) is 3.58. The first-order valence-corrected chi connectivity index (χ1v) is 13.0. The van der Waals surface area contributed by atoms with Crippen LogP contribution in [0.25, 0.3) is 11.0 Å². The number of nitrogens with one attached hydrogen (secondary N) is 1. The Balaban J connectivity index is 1.59. The highest BCUT2D eigenvalue weighted by atomic mass is 16.2. The molecule has 3 aromatic carbocycles. The molecule has 0 bridgehead atoms. The third-order valence-electron chi connectivity index (χ3n) is 7.22. The molecule has 1 aliphatic rings. The van der Waals surface area contributed by atoms with E-state index in [1.165, 1.54) is 11.8 Å². The van der Waals surface area contributed by atoms with Crippen molar-refractivity contribution in [3.8, 4) is 0 Å². The molecule has 8 nitrogen and oxygen atoms in total. The molecule has 1 fully saturated rings. The molecular formula is C30H31N5O3. The Labute approximate surface area is 221 Å². The SMILES string of the molecule is CC(=O)c1ccc(N(C(=O)Cn2nnc3ccccc32)[C@@H](C(=O)NC2CCCC2)c2ccccc2C)cc1. The number of anilines is 1. The van der Waals surface area contributed by atoms with Gasteiger partial charge in [-0.05, 0) is 74.2 Å². The number of carbonyl (C=O) groups excluding carboxylic acids is 3. The first-order valence-electron chi connectivity index (χ1n) is 13.0. The first-order chi connectivity index (χ1) is 18.4. The average molecular weight is 510 g/mol. The van der Waals surface area contributed by atoms with E-state index in [9.17, 15) is 14.4 Å². The third kappa shape index (κ3) is 5.20. The predicted molar refractivity (Wildman–Crippen MR) is 146 cm³/mol. The number of hydrogen-bond acceptors (Lipinski definition) is 5. The Morgan fingerprint density at radius 3 is 2.37 bits per heavy atom. The van der Waals surface area contributed by atoms with Crippen molar-refractivity contribution in [2.75, 3.05) is 4.90 Å². The summed E-state index contributed by atoms with van der Waals surface area (Å²) in [6.45, 7) is 3.34. The molecule has 1 aromatic heterocycles. The Hall–Kier alpha value is -4.33. The second kappa shape index (κ2) is 11.0. The number of aromatic nitrogens is 3. The molecule has 1 aliphatic carbocycles. The van der Waals surface area contributed by atoms with Gasteiger partial charge in [-0.15, -0.1) is 5.10 Å². The summed E-state index contributed by atoms with van der Waals surface area (Å²) in [4.78, 5) is 41.6. The van der Waals surface area contributed by atoms with Crippen molar-refractivity contribution in [3.63, 3.8) is 0 Å². The fourth-order valence-electron chi connectivity index (χ4n) is 5.17. The molecule has 5 rings (SSSR count). The van der Waals surface area contributed by atoms with E-state index in [1.54, 1.807) is 28.9 Å². The molecule has 1 atom stereocenters. The van der Waals surface area contributed by atoms with Gasteiger partial charge in [0, 0.05) is 17.3 Å². The van der Waals surface area contributed by atoms with Crippen molar-refractivity contribution in [1.29, 1.82) is 0 Å². The Morgan fingerprint density at radius 1 is 0.974 bits per heavy atom. The molecule has 4 aromatic rings. The van der Waals surface area contributed by atoms with Crippen LogP contribution in [-0.2, 0) is 16.1 Å². The molecule has 0 spiro atoms. The number of benzene rings is 3. The number of nitrogens with zero attached hydrogens (tertiary/aromatic N) is 4. The van der Waals surface area contributed by atoms with E-state index in [-0.39, 0.29) is 30.2 Å². The fraction of sp³-hybridized carbons (Fsp3) is 0.300. The Morgan fingerprint density at radius 2 is 1.66 bits per heavy atom. The smallest absolute Gasteiger partial charge is 0.249 e. The molecule has 1 saturated carbocycles. The maximum Gasteiger partial charge on any atom is 0.249 e. The molecule has 8 heteroatoms. The monoisotopic (exact) mass is 509 g/mol. The van der Waals surface area contributed by atoms with Crippen LogP contribution in [0.15, 0.2) is 72.8 Å². The van der Waals surface area contributed by atoms with E-state index in [0.29, 0.717) is 16.8 Å². The van der Waals surface area contributed by atoms with Crippen molar-refractivity contribution >= 4 is 34.3 Å². The van der Waals surface area contributed by atoms with Crippen LogP contribution >= 0.6 is 0 Å². The quantitative estimate of drug-likeness (QED) is 0.345. The van der Waals surface area contributed by atoms with Crippen molar-refractivity contribution in [3.05, 3.63) is 89.5 Å². The highest BCUT2D eigenvalue weighted by molar-refractivity contribution is 6.02. The van der Waals surface area contributed by atoms with E-state index in [2.05, 4.69) is 15.6 Å². The summed E-state index contributed by atoms with van der Waals surface area (Å²) in [5.41, 5.74) is 4.13. The van der Waals surface area contributed by atoms with Crippen LogP contribution in [0.2, 0.25) is 0 Å². The summed E-state index contributed by atoms with van der Waals surface area (Å²) in [5.74, 6) is -0.609. The minimum absolute atomic E-state index is 0.0713. The van der Waals surface area contributed by atoms with Crippen molar-refractivity contribution in [2.24, 2.45) is 0 Å². The van der Waals surface area contributed by atoms with E-state index < -0.39 is 6.04 Å². The van der Waals surface area contributed by atoms with Gasteiger partial charge in [0.1, 0.15) is 18.1 Å². The number of ketones is 1. The van der Waals surface area contributed by atoms with Crippen LogP contribution in [0.5, 0.6) is 0 Å².